The van der Waals surface area contributed by atoms with Crippen LogP contribution >= 0.6 is 22.6 Å². The Labute approximate surface area is 77.3 Å². The molecule has 1 heterocycles. The van der Waals surface area contributed by atoms with Gasteiger partial charge in [0.15, 0.2) is 5.03 Å². The molecule has 0 aliphatic carbocycles. The molecule has 1 aromatic heterocycles. The van der Waals surface area contributed by atoms with E-state index in [0.29, 0.717) is 4.55 Å². The summed E-state index contributed by atoms with van der Waals surface area (Å²) in [6, 6.07) is 0. The highest BCUT2D eigenvalue weighted by atomic mass is 127. The van der Waals surface area contributed by atoms with Crippen LogP contribution in [-0.4, -0.2) is 22.5 Å². The van der Waals surface area contributed by atoms with Gasteiger partial charge in [0.2, 0.25) is 0 Å². The molecule has 0 atom stereocenters. The largest absolute Gasteiger partial charge is 0.326 e. The van der Waals surface area contributed by atoms with Crippen molar-refractivity contribution in [2.75, 3.05) is 0 Å². The molecule has 0 bridgehead atoms. The Balaban J connectivity index is 3.09. The third-order valence-electron chi connectivity index (χ3n) is 1.01. The van der Waals surface area contributed by atoms with Crippen LogP contribution in [0, 0.1) is 0 Å². The number of imidazole rings is 1. The SMILES string of the molecule is O=S(=O)(O)c1cn(CI)cn1. The highest BCUT2D eigenvalue weighted by Gasteiger charge is 2.11. The summed E-state index contributed by atoms with van der Waals surface area (Å²) in [6.07, 6.45) is 2.61. The number of nitrogens with zero attached hydrogens (tertiary/aromatic N) is 2. The van der Waals surface area contributed by atoms with Gasteiger partial charge in [-0.15, -0.1) is 0 Å². The molecule has 0 unspecified atom stereocenters. The summed E-state index contributed by atoms with van der Waals surface area (Å²) in [4.78, 5) is 3.48. The molecule has 0 amide bonds. The van der Waals surface area contributed by atoms with E-state index in [0.717, 1.165) is 0 Å². The lowest BCUT2D eigenvalue weighted by atomic mass is 10.9. The first-order chi connectivity index (χ1) is 5.04. The zero-order chi connectivity index (χ0) is 8.48. The molecule has 1 aromatic rings. The van der Waals surface area contributed by atoms with E-state index < -0.39 is 10.1 Å². The number of rotatable bonds is 2. The summed E-state index contributed by atoms with van der Waals surface area (Å²) in [6.45, 7) is 0. The van der Waals surface area contributed by atoms with Crippen molar-refractivity contribution in [3.05, 3.63) is 12.5 Å². The van der Waals surface area contributed by atoms with Crippen LogP contribution in [0.4, 0.5) is 0 Å². The summed E-state index contributed by atoms with van der Waals surface area (Å²) in [7, 11) is -4.13. The van der Waals surface area contributed by atoms with Crippen LogP contribution in [0.25, 0.3) is 0 Å². The fourth-order valence-electron chi connectivity index (χ4n) is 0.538. The Morgan fingerprint density at radius 3 is 2.64 bits per heavy atom. The Bertz CT molecular complexity index is 344. The molecule has 5 nitrogen and oxygen atoms in total. The first kappa shape index (κ1) is 8.94. The standard InChI is InChI=1S/C4H5IN2O3S/c5-2-7-1-4(6-3-7)11(8,9)10/h1,3H,2H2,(H,8,9,10). The van der Waals surface area contributed by atoms with Gasteiger partial charge in [-0.1, -0.05) is 22.6 Å². The summed E-state index contributed by atoms with van der Waals surface area (Å²) in [5.74, 6) is 0. The molecule has 11 heavy (non-hydrogen) atoms. The van der Waals surface area contributed by atoms with Crippen molar-refractivity contribution in [1.29, 1.82) is 0 Å². The van der Waals surface area contributed by atoms with Crippen molar-refractivity contribution < 1.29 is 13.0 Å². The van der Waals surface area contributed by atoms with Crippen LogP contribution in [-0.2, 0) is 14.7 Å². The van der Waals surface area contributed by atoms with Crippen molar-refractivity contribution in [3.63, 3.8) is 0 Å². The van der Waals surface area contributed by atoms with Gasteiger partial charge in [-0.3, -0.25) is 4.55 Å². The second-order valence-corrected chi connectivity index (χ2v) is 3.87. The zero-order valence-corrected chi connectivity index (χ0v) is 8.28. The number of aromatic nitrogens is 2. The van der Waals surface area contributed by atoms with Crippen molar-refractivity contribution in [2.45, 2.75) is 9.58 Å². The zero-order valence-electron chi connectivity index (χ0n) is 5.31. The van der Waals surface area contributed by atoms with Crippen molar-refractivity contribution in [1.82, 2.24) is 9.55 Å². The maximum absolute atomic E-state index is 10.4. The van der Waals surface area contributed by atoms with Crippen LogP contribution in [0.3, 0.4) is 0 Å². The molecule has 1 N–H and O–H groups in total. The topological polar surface area (TPSA) is 72.2 Å². The lowest BCUT2D eigenvalue weighted by Gasteiger charge is -1.88. The van der Waals surface area contributed by atoms with Gasteiger partial charge in [0.1, 0.15) is 0 Å². The van der Waals surface area contributed by atoms with Gasteiger partial charge < -0.3 is 4.57 Å². The van der Waals surface area contributed by atoms with Gasteiger partial charge in [-0.2, -0.15) is 8.42 Å². The van der Waals surface area contributed by atoms with Crippen LogP contribution in [0.15, 0.2) is 17.6 Å². The van der Waals surface area contributed by atoms with E-state index >= 15 is 0 Å². The second-order valence-electron chi connectivity index (χ2n) is 1.82. The first-order valence-electron chi connectivity index (χ1n) is 2.59. The predicted octanol–water partition coefficient (Wildman–Crippen LogP) is 0.522. The second kappa shape index (κ2) is 3.07. The molecular weight excluding hydrogens is 283 g/mol. The smallest absolute Gasteiger partial charge is 0.313 e. The molecule has 1 rings (SSSR count). The number of hydrogen-bond acceptors (Lipinski definition) is 3. The summed E-state index contributed by atoms with van der Waals surface area (Å²) >= 11 is 2.04. The third kappa shape index (κ3) is 2.14. The Morgan fingerprint density at radius 2 is 2.36 bits per heavy atom. The van der Waals surface area contributed by atoms with E-state index in [2.05, 4.69) is 4.98 Å². The lowest BCUT2D eigenvalue weighted by Crippen LogP contribution is -1.97. The minimum atomic E-state index is -4.13. The van der Waals surface area contributed by atoms with Gasteiger partial charge >= 0.3 is 10.1 Å². The van der Waals surface area contributed by atoms with Gasteiger partial charge in [-0.05, 0) is 0 Å². The van der Waals surface area contributed by atoms with E-state index in [9.17, 15) is 8.42 Å². The van der Waals surface area contributed by atoms with Crippen LogP contribution < -0.4 is 0 Å². The molecule has 0 fully saturated rings. The van der Waals surface area contributed by atoms with E-state index in [1.54, 1.807) is 4.57 Å². The minimum absolute atomic E-state index is 0.311. The molecule has 0 aliphatic heterocycles. The average molecular weight is 288 g/mol. The third-order valence-corrected chi connectivity index (χ3v) is 2.54. The van der Waals surface area contributed by atoms with Crippen LogP contribution in [0.1, 0.15) is 0 Å². The van der Waals surface area contributed by atoms with E-state index in [4.69, 9.17) is 4.55 Å². The monoisotopic (exact) mass is 288 g/mol. The maximum atomic E-state index is 10.4. The molecule has 0 spiro atoms. The quantitative estimate of drug-likeness (QED) is 0.489. The summed E-state index contributed by atoms with van der Waals surface area (Å²) < 4.78 is 31.5. The van der Waals surface area contributed by atoms with Crippen molar-refractivity contribution in [2.24, 2.45) is 0 Å². The van der Waals surface area contributed by atoms with Crippen LogP contribution in [0.2, 0.25) is 0 Å². The Morgan fingerprint density at radius 1 is 1.73 bits per heavy atom. The number of hydrogen-bond donors (Lipinski definition) is 1. The molecule has 0 radical (unpaired) electrons. The maximum Gasteiger partial charge on any atom is 0.313 e. The summed E-state index contributed by atoms with van der Waals surface area (Å²) in [5, 5.41) is -0.311. The fraction of sp³-hybridized carbons (Fsp3) is 0.250. The molecule has 7 heteroatoms. The van der Waals surface area contributed by atoms with Crippen LogP contribution in [0.5, 0.6) is 0 Å². The van der Waals surface area contributed by atoms with E-state index in [-0.39, 0.29) is 5.03 Å². The molecule has 0 aromatic carbocycles. The first-order valence-corrected chi connectivity index (χ1v) is 5.56. The lowest BCUT2D eigenvalue weighted by molar-refractivity contribution is 0.479. The van der Waals surface area contributed by atoms with Gasteiger partial charge in [-0.25, -0.2) is 4.98 Å². The average Bonchev–Trinajstić information content (AvgIpc) is 2.32. The highest BCUT2D eigenvalue weighted by Crippen LogP contribution is 2.04. The summed E-state index contributed by atoms with van der Waals surface area (Å²) in [5.41, 5.74) is 0. The van der Waals surface area contributed by atoms with E-state index in [1.165, 1.54) is 12.5 Å². The van der Waals surface area contributed by atoms with Crippen molar-refractivity contribution >= 4 is 32.7 Å². The van der Waals surface area contributed by atoms with Gasteiger partial charge in [0.25, 0.3) is 0 Å². The molecule has 0 saturated heterocycles. The normalized spacial score (nSPS) is 11.8. The Kier molecular flexibility index (Phi) is 2.50. The fourth-order valence-corrected chi connectivity index (χ4v) is 1.36. The predicted molar refractivity (Wildman–Crippen MR) is 46.1 cm³/mol. The van der Waals surface area contributed by atoms with Gasteiger partial charge in [0.05, 0.1) is 10.9 Å². The van der Waals surface area contributed by atoms with Crippen molar-refractivity contribution in [3.8, 4) is 0 Å². The van der Waals surface area contributed by atoms with E-state index in [1.807, 2.05) is 22.6 Å². The number of alkyl halides is 1. The highest BCUT2D eigenvalue weighted by molar-refractivity contribution is 14.1. The Hall–Kier alpha value is -0.150. The van der Waals surface area contributed by atoms with Gasteiger partial charge in [0, 0.05) is 6.20 Å². The number of halogens is 1. The molecule has 62 valence electrons. The molecule has 0 saturated carbocycles. The molecular formula is C4H5IN2O3S. The molecule has 0 aliphatic rings. The minimum Gasteiger partial charge on any atom is -0.326 e.